The van der Waals surface area contributed by atoms with Crippen LogP contribution < -0.4 is 0 Å². The molecule has 110 valence electrons. The topological polar surface area (TPSA) is 47.8 Å². The minimum absolute atomic E-state index is 0.0149. The van der Waals surface area contributed by atoms with Crippen LogP contribution in [-0.2, 0) is 6.42 Å². The van der Waals surface area contributed by atoms with Gasteiger partial charge in [0.25, 0.3) is 0 Å². The molecule has 0 spiro atoms. The molecule has 1 aromatic heterocycles. The highest BCUT2D eigenvalue weighted by atomic mass is 35.5. The zero-order chi connectivity index (χ0) is 15.4. The van der Waals surface area contributed by atoms with Crippen LogP contribution >= 0.6 is 11.6 Å². The summed E-state index contributed by atoms with van der Waals surface area (Å²) >= 11 is 5.91. The number of carbonyl (C=O) groups excluding carboxylic acids is 1. The van der Waals surface area contributed by atoms with E-state index in [2.05, 4.69) is 10.1 Å². The van der Waals surface area contributed by atoms with Crippen molar-refractivity contribution in [2.45, 2.75) is 12.5 Å². The van der Waals surface area contributed by atoms with Crippen molar-refractivity contribution in [1.29, 1.82) is 0 Å². The van der Waals surface area contributed by atoms with E-state index < -0.39 is 6.04 Å². The van der Waals surface area contributed by atoms with E-state index in [4.69, 9.17) is 11.6 Å². The number of rotatable bonds is 5. The van der Waals surface area contributed by atoms with Crippen molar-refractivity contribution in [3.8, 4) is 0 Å². The standard InChI is InChI=1S/C17H14ClN3O/c18-15-8-6-13(7-9-15)10-16(21-12-19-11-20-21)17(22)14-4-2-1-3-5-14/h1-9,11-12,16H,10H2. The van der Waals surface area contributed by atoms with Crippen LogP contribution in [0.25, 0.3) is 0 Å². The van der Waals surface area contributed by atoms with Gasteiger partial charge in [-0.3, -0.25) is 4.79 Å². The molecule has 0 aliphatic heterocycles. The molecule has 3 rings (SSSR count). The maximum absolute atomic E-state index is 12.8. The normalized spacial score (nSPS) is 12.0. The average molecular weight is 312 g/mol. The third-order valence-corrected chi connectivity index (χ3v) is 3.71. The maximum atomic E-state index is 12.8. The molecule has 2 aromatic carbocycles. The lowest BCUT2D eigenvalue weighted by Crippen LogP contribution is -2.22. The molecule has 0 fully saturated rings. The van der Waals surface area contributed by atoms with E-state index in [9.17, 15) is 4.79 Å². The molecule has 0 saturated heterocycles. The van der Waals surface area contributed by atoms with Gasteiger partial charge in [0.05, 0.1) is 0 Å². The van der Waals surface area contributed by atoms with Gasteiger partial charge >= 0.3 is 0 Å². The molecule has 0 amide bonds. The highest BCUT2D eigenvalue weighted by Crippen LogP contribution is 2.20. The number of carbonyl (C=O) groups is 1. The van der Waals surface area contributed by atoms with Crippen LogP contribution in [0.2, 0.25) is 5.02 Å². The Balaban J connectivity index is 1.91. The average Bonchev–Trinajstić information content (AvgIpc) is 3.09. The minimum Gasteiger partial charge on any atom is -0.292 e. The molecule has 4 nitrogen and oxygen atoms in total. The Morgan fingerprint density at radius 2 is 1.82 bits per heavy atom. The molecule has 0 saturated carbocycles. The second-order valence-corrected chi connectivity index (χ2v) is 5.39. The first-order valence-corrected chi connectivity index (χ1v) is 7.29. The summed E-state index contributed by atoms with van der Waals surface area (Å²) in [6, 6.07) is 16.3. The van der Waals surface area contributed by atoms with Gasteiger partial charge in [-0.15, -0.1) is 0 Å². The number of hydrogen-bond donors (Lipinski definition) is 0. The Morgan fingerprint density at radius 3 is 2.45 bits per heavy atom. The highest BCUT2D eigenvalue weighted by molar-refractivity contribution is 6.30. The smallest absolute Gasteiger partial charge is 0.187 e. The summed E-state index contributed by atoms with van der Waals surface area (Å²) in [5, 5.41) is 4.81. The van der Waals surface area contributed by atoms with Crippen molar-refractivity contribution in [2.24, 2.45) is 0 Å². The largest absolute Gasteiger partial charge is 0.292 e. The highest BCUT2D eigenvalue weighted by Gasteiger charge is 2.23. The van der Waals surface area contributed by atoms with E-state index in [0.717, 1.165) is 5.56 Å². The van der Waals surface area contributed by atoms with Crippen molar-refractivity contribution in [3.63, 3.8) is 0 Å². The monoisotopic (exact) mass is 311 g/mol. The van der Waals surface area contributed by atoms with E-state index in [1.807, 2.05) is 54.6 Å². The number of aromatic nitrogens is 3. The molecule has 0 radical (unpaired) electrons. The third-order valence-electron chi connectivity index (χ3n) is 3.46. The lowest BCUT2D eigenvalue weighted by atomic mass is 9.98. The molecule has 3 aromatic rings. The molecule has 1 heterocycles. The van der Waals surface area contributed by atoms with E-state index in [1.165, 1.54) is 6.33 Å². The van der Waals surface area contributed by atoms with Gasteiger partial charge in [-0.1, -0.05) is 54.1 Å². The van der Waals surface area contributed by atoms with Gasteiger partial charge < -0.3 is 0 Å². The van der Waals surface area contributed by atoms with Crippen LogP contribution in [0.1, 0.15) is 22.0 Å². The molecule has 5 heteroatoms. The SMILES string of the molecule is O=C(c1ccccc1)C(Cc1ccc(Cl)cc1)n1cncn1. The van der Waals surface area contributed by atoms with Gasteiger partial charge in [0.1, 0.15) is 18.7 Å². The lowest BCUT2D eigenvalue weighted by Gasteiger charge is -2.16. The third kappa shape index (κ3) is 3.23. The number of hydrogen-bond acceptors (Lipinski definition) is 3. The van der Waals surface area contributed by atoms with Crippen molar-refractivity contribution in [3.05, 3.63) is 83.4 Å². The lowest BCUT2D eigenvalue weighted by molar-refractivity contribution is 0.0916. The number of nitrogens with zero attached hydrogens (tertiary/aromatic N) is 3. The first kappa shape index (κ1) is 14.5. The van der Waals surface area contributed by atoms with Gasteiger partial charge in [0.2, 0.25) is 0 Å². The fraction of sp³-hybridized carbons (Fsp3) is 0.118. The van der Waals surface area contributed by atoms with Gasteiger partial charge in [-0.05, 0) is 17.7 Å². The Morgan fingerprint density at radius 1 is 1.09 bits per heavy atom. The fourth-order valence-corrected chi connectivity index (χ4v) is 2.45. The summed E-state index contributed by atoms with van der Waals surface area (Å²) in [4.78, 5) is 16.8. The summed E-state index contributed by atoms with van der Waals surface area (Å²) in [6.07, 6.45) is 3.54. The zero-order valence-electron chi connectivity index (χ0n) is 11.8. The van der Waals surface area contributed by atoms with E-state index in [0.29, 0.717) is 17.0 Å². The minimum atomic E-state index is -0.425. The van der Waals surface area contributed by atoms with Crippen LogP contribution in [0.5, 0.6) is 0 Å². The molecule has 0 aliphatic rings. The van der Waals surface area contributed by atoms with Gasteiger partial charge in [-0.25, -0.2) is 9.67 Å². The molecule has 1 atom stereocenters. The van der Waals surface area contributed by atoms with E-state index >= 15 is 0 Å². The molecule has 0 bridgehead atoms. The second kappa shape index (κ2) is 6.54. The predicted octanol–water partition coefficient (Wildman–Crippen LogP) is 3.60. The molecular weight excluding hydrogens is 298 g/mol. The fourth-order valence-electron chi connectivity index (χ4n) is 2.32. The molecule has 1 unspecified atom stereocenters. The van der Waals surface area contributed by atoms with Gasteiger partial charge in [0.15, 0.2) is 5.78 Å². The summed E-state index contributed by atoms with van der Waals surface area (Å²) in [5.74, 6) is 0.0149. The Labute approximate surface area is 133 Å². The summed E-state index contributed by atoms with van der Waals surface area (Å²) in [5.41, 5.74) is 1.69. The van der Waals surface area contributed by atoms with Crippen LogP contribution in [0.4, 0.5) is 0 Å². The summed E-state index contributed by atoms with van der Waals surface area (Å²) < 4.78 is 1.60. The van der Waals surface area contributed by atoms with Gasteiger partial charge in [0, 0.05) is 17.0 Å². The number of ketones is 1. The van der Waals surface area contributed by atoms with Crippen LogP contribution in [0, 0.1) is 0 Å². The molecular formula is C17H14ClN3O. The molecule has 0 aliphatic carbocycles. The van der Waals surface area contributed by atoms with Crippen molar-refractivity contribution >= 4 is 17.4 Å². The number of benzene rings is 2. The molecule has 22 heavy (non-hydrogen) atoms. The zero-order valence-corrected chi connectivity index (χ0v) is 12.5. The molecule has 0 N–H and O–H groups in total. The van der Waals surface area contributed by atoms with Crippen molar-refractivity contribution in [2.75, 3.05) is 0 Å². The first-order valence-electron chi connectivity index (χ1n) is 6.92. The Hall–Kier alpha value is -2.46. The maximum Gasteiger partial charge on any atom is 0.187 e. The van der Waals surface area contributed by atoms with Crippen LogP contribution in [0.3, 0.4) is 0 Å². The first-order chi connectivity index (χ1) is 10.7. The van der Waals surface area contributed by atoms with Crippen LogP contribution in [-0.4, -0.2) is 20.5 Å². The van der Waals surface area contributed by atoms with Crippen LogP contribution in [0.15, 0.2) is 67.3 Å². The number of Topliss-reactive ketones (excluding diaryl/α,β-unsaturated/α-hetero) is 1. The summed E-state index contributed by atoms with van der Waals surface area (Å²) in [6.45, 7) is 0. The summed E-state index contributed by atoms with van der Waals surface area (Å²) in [7, 11) is 0. The Bertz CT molecular complexity index is 739. The second-order valence-electron chi connectivity index (χ2n) is 4.95. The number of halogens is 1. The van der Waals surface area contributed by atoms with Crippen molar-refractivity contribution in [1.82, 2.24) is 14.8 Å². The quantitative estimate of drug-likeness (QED) is 0.676. The Kier molecular flexibility index (Phi) is 4.30. The van der Waals surface area contributed by atoms with Gasteiger partial charge in [-0.2, -0.15) is 5.10 Å². The predicted molar refractivity (Wildman–Crippen MR) is 85.0 cm³/mol. The van der Waals surface area contributed by atoms with E-state index in [-0.39, 0.29) is 5.78 Å². The van der Waals surface area contributed by atoms with Crippen molar-refractivity contribution < 1.29 is 4.79 Å². The van der Waals surface area contributed by atoms with E-state index in [1.54, 1.807) is 11.0 Å².